The summed E-state index contributed by atoms with van der Waals surface area (Å²) < 4.78 is 0. The van der Waals surface area contributed by atoms with Crippen LogP contribution in [0.5, 0.6) is 0 Å². The minimum atomic E-state index is -0.0407. The summed E-state index contributed by atoms with van der Waals surface area (Å²) in [4.78, 5) is 23.7. The van der Waals surface area contributed by atoms with Gasteiger partial charge in [0.05, 0.1) is 0 Å². The highest BCUT2D eigenvalue weighted by molar-refractivity contribution is 6.11. The van der Waals surface area contributed by atoms with Gasteiger partial charge in [0, 0.05) is 11.1 Å². The largest absolute Gasteiger partial charge is 0.290 e. The summed E-state index contributed by atoms with van der Waals surface area (Å²) >= 11 is 0. The average Bonchev–Trinajstić information content (AvgIpc) is 2.44. The van der Waals surface area contributed by atoms with Gasteiger partial charge in [-0.2, -0.15) is 0 Å². The summed E-state index contributed by atoms with van der Waals surface area (Å²) in [5.74, 6) is -0.0654. The van der Waals surface area contributed by atoms with E-state index in [0.717, 1.165) is 11.1 Å². The molecule has 0 saturated heterocycles. The molecule has 0 aromatic carbocycles. The summed E-state index contributed by atoms with van der Waals surface area (Å²) in [6.07, 6.45) is 14.9. The molecule has 2 aliphatic rings. The number of hydrogen-bond donors (Lipinski definition) is 0. The molecule has 100 valence electrons. The van der Waals surface area contributed by atoms with Crippen LogP contribution in [0.15, 0.2) is 84.1 Å². The molecule has 0 heterocycles. The molecule has 0 N–H and O–H groups in total. The highest BCUT2D eigenvalue weighted by Gasteiger charge is 2.17. The van der Waals surface area contributed by atoms with E-state index in [1.54, 1.807) is 36.5 Å². The summed E-state index contributed by atoms with van der Waals surface area (Å²) in [5.41, 5.74) is 3.09. The van der Waals surface area contributed by atoms with Gasteiger partial charge in [0.25, 0.3) is 0 Å². The molecule has 2 nitrogen and oxygen atoms in total. The van der Waals surface area contributed by atoms with Crippen molar-refractivity contribution in [2.24, 2.45) is 0 Å². The third-order valence-corrected chi connectivity index (χ3v) is 3.16. The minimum absolute atomic E-state index is 0.0247. The van der Waals surface area contributed by atoms with E-state index in [9.17, 15) is 9.59 Å². The standard InChI is InChI=1S/C18H16O2/c1-3-5-13-7-9-18(20)16(11-13)14-8-10-17(19)15(12-14)6-4-2/h3-4,7-12H,1-2,5-6H2/b16-14-. The molecular weight excluding hydrogens is 248 g/mol. The summed E-state index contributed by atoms with van der Waals surface area (Å²) in [5, 5.41) is 0. The topological polar surface area (TPSA) is 34.1 Å². The van der Waals surface area contributed by atoms with Crippen molar-refractivity contribution in [1.29, 1.82) is 0 Å². The van der Waals surface area contributed by atoms with Crippen LogP contribution in [0.2, 0.25) is 0 Å². The number of allylic oxidation sites excluding steroid dienone is 12. The first-order valence-electron chi connectivity index (χ1n) is 6.47. The Morgan fingerprint density at radius 3 is 2.25 bits per heavy atom. The lowest BCUT2D eigenvalue weighted by Gasteiger charge is -2.13. The molecule has 0 unspecified atom stereocenters. The quantitative estimate of drug-likeness (QED) is 0.574. The number of carbonyl (C=O) groups excluding carboxylic acids is 2. The second kappa shape index (κ2) is 6.11. The normalized spacial score (nSPS) is 21.6. The Bertz CT molecular complexity index is 634. The van der Waals surface area contributed by atoms with Gasteiger partial charge in [-0.3, -0.25) is 9.59 Å². The molecular formula is C18H16O2. The second-order valence-corrected chi connectivity index (χ2v) is 4.64. The summed E-state index contributed by atoms with van der Waals surface area (Å²) in [7, 11) is 0. The number of ketones is 2. The molecule has 2 heteroatoms. The van der Waals surface area contributed by atoms with E-state index in [0.29, 0.717) is 24.0 Å². The monoisotopic (exact) mass is 264 g/mol. The maximum absolute atomic E-state index is 12.0. The van der Waals surface area contributed by atoms with Crippen molar-refractivity contribution in [3.05, 3.63) is 84.1 Å². The van der Waals surface area contributed by atoms with Gasteiger partial charge >= 0.3 is 0 Å². The Morgan fingerprint density at radius 1 is 0.850 bits per heavy atom. The van der Waals surface area contributed by atoms with Crippen LogP contribution >= 0.6 is 0 Å². The zero-order valence-corrected chi connectivity index (χ0v) is 11.3. The smallest absolute Gasteiger partial charge is 0.186 e. The lowest BCUT2D eigenvalue weighted by atomic mass is 9.90. The maximum Gasteiger partial charge on any atom is 0.186 e. The minimum Gasteiger partial charge on any atom is -0.290 e. The van der Waals surface area contributed by atoms with Crippen LogP contribution in [0.1, 0.15) is 12.8 Å². The highest BCUT2D eigenvalue weighted by Crippen LogP contribution is 2.24. The van der Waals surface area contributed by atoms with Crippen LogP contribution in [0, 0.1) is 0 Å². The van der Waals surface area contributed by atoms with Gasteiger partial charge < -0.3 is 0 Å². The molecule has 0 aliphatic heterocycles. The third kappa shape index (κ3) is 2.91. The Labute approximate surface area is 118 Å². The van der Waals surface area contributed by atoms with E-state index >= 15 is 0 Å². The van der Waals surface area contributed by atoms with E-state index in [1.807, 2.05) is 6.08 Å². The maximum atomic E-state index is 12.0. The van der Waals surface area contributed by atoms with Crippen molar-refractivity contribution in [1.82, 2.24) is 0 Å². The molecule has 2 aliphatic carbocycles. The fraction of sp³-hybridized carbons (Fsp3) is 0.111. The molecule has 0 aromatic rings. The number of hydrogen-bond acceptors (Lipinski definition) is 2. The Morgan fingerprint density at radius 2 is 1.55 bits per heavy atom. The van der Waals surface area contributed by atoms with Crippen molar-refractivity contribution in [3.8, 4) is 0 Å². The molecule has 2 rings (SSSR count). The highest BCUT2D eigenvalue weighted by atomic mass is 16.1. The SMILES string of the molecule is C=CCC1=C/C(=C2\C=CC(=O)C(CC=C)=C2)C(=O)C=C1. The zero-order valence-electron chi connectivity index (χ0n) is 11.3. The molecule has 0 radical (unpaired) electrons. The van der Waals surface area contributed by atoms with Gasteiger partial charge in [-0.25, -0.2) is 0 Å². The van der Waals surface area contributed by atoms with E-state index in [2.05, 4.69) is 13.2 Å². The fourth-order valence-electron chi connectivity index (χ4n) is 2.16. The van der Waals surface area contributed by atoms with E-state index in [-0.39, 0.29) is 11.6 Å². The van der Waals surface area contributed by atoms with Crippen LogP contribution in [-0.2, 0) is 9.59 Å². The molecule has 0 atom stereocenters. The first kappa shape index (κ1) is 13.9. The summed E-state index contributed by atoms with van der Waals surface area (Å²) in [6.45, 7) is 7.34. The van der Waals surface area contributed by atoms with Crippen LogP contribution in [-0.4, -0.2) is 11.6 Å². The first-order valence-corrected chi connectivity index (χ1v) is 6.47. The van der Waals surface area contributed by atoms with Gasteiger partial charge in [-0.15, -0.1) is 13.2 Å². The van der Waals surface area contributed by atoms with Crippen molar-refractivity contribution in [3.63, 3.8) is 0 Å². The molecule has 0 aromatic heterocycles. The lowest BCUT2D eigenvalue weighted by Crippen LogP contribution is -2.08. The lowest BCUT2D eigenvalue weighted by molar-refractivity contribution is -0.112. The van der Waals surface area contributed by atoms with E-state index < -0.39 is 0 Å². The van der Waals surface area contributed by atoms with E-state index in [1.165, 1.54) is 6.08 Å². The predicted octanol–water partition coefficient (Wildman–Crippen LogP) is 3.57. The van der Waals surface area contributed by atoms with Gasteiger partial charge in [0.15, 0.2) is 11.6 Å². The van der Waals surface area contributed by atoms with Gasteiger partial charge in [-0.1, -0.05) is 24.3 Å². The van der Waals surface area contributed by atoms with Crippen LogP contribution in [0.25, 0.3) is 0 Å². The van der Waals surface area contributed by atoms with Gasteiger partial charge in [0.2, 0.25) is 0 Å². The molecule has 20 heavy (non-hydrogen) atoms. The number of rotatable bonds is 4. The van der Waals surface area contributed by atoms with Crippen LogP contribution < -0.4 is 0 Å². The molecule has 0 saturated carbocycles. The molecule has 0 amide bonds. The van der Waals surface area contributed by atoms with E-state index in [4.69, 9.17) is 0 Å². The Balaban J connectivity index is 2.45. The summed E-state index contributed by atoms with van der Waals surface area (Å²) in [6, 6.07) is 0. The average molecular weight is 264 g/mol. The Kier molecular flexibility index (Phi) is 4.26. The second-order valence-electron chi connectivity index (χ2n) is 4.64. The van der Waals surface area contributed by atoms with Crippen molar-refractivity contribution in [2.45, 2.75) is 12.8 Å². The van der Waals surface area contributed by atoms with Crippen molar-refractivity contribution < 1.29 is 9.59 Å². The first-order chi connectivity index (χ1) is 9.65. The van der Waals surface area contributed by atoms with Gasteiger partial charge in [0.1, 0.15) is 0 Å². The van der Waals surface area contributed by atoms with Gasteiger partial charge in [-0.05, 0) is 48.3 Å². The molecule has 0 bridgehead atoms. The van der Waals surface area contributed by atoms with Crippen LogP contribution in [0.4, 0.5) is 0 Å². The molecule has 0 fully saturated rings. The third-order valence-electron chi connectivity index (χ3n) is 3.16. The fourth-order valence-corrected chi connectivity index (χ4v) is 2.16. The van der Waals surface area contributed by atoms with Crippen LogP contribution in [0.3, 0.4) is 0 Å². The zero-order chi connectivity index (χ0) is 14.5. The van der Waals surface area contributed by atoms with Crippen molar-refractivity contribution >= 4 is 11.6 Å². The number of carbonyl (C=O) groups is 2. The predicted molar refractivity (Wildman–Crippen MR) is 81.1 cm³/mol. The van der Waals surface area contributed by atoms with Crippen molar-refractivity contribution in [2.75, 3.05) is 0 Å². The Hall–Kier alpha value is -2.48. The molecule has 0 spiro atoms.